The van der Waals surface area contributed by atoms with Gasteiger partial charge in [0.25, 0.3) is 0 Å². The Morgan fingerprint density at radius 3 is 2.63 bits per heavy atom. The predicted octanol–water partition coefficient (Wildman–Crippen LogP) is 2.28. The number of aromatic nitrogens is 1. The summed E-state index contributed by atoms with van der Waals surface area (Å²) in [6.45, 7) is 0. The van der Waals surface area contributed by atoms with Crippen LogP contribution in [0.2, 0.25) is 0 Å². The molecule has 1 aromatic rings. The van der Waals surface area contributed by atoms with Crippen LogP contribution in [0.3, 0.4) is 0 Å². The first-order chi connectivity index (χ1) is 9.09. The van der Waals surface area contributed by atoms with Gasteiger partial charge in [0, 0.05) is 6.20 Å². The van der Waals surface area contributed by atoms with Crippen molar-refractivity contribution in [2.24, 2.45) is 5.92 Å². The Kier molecular flexibility index (Phi) is 4.38. The van der Waals surface area contributed by atoms with Crippen molar-refractivity contribution in [3.63, 3.8) is 0 Å². The van der Waals surface area contributed by atoms with Gasteiger partial charge in [0.05, 0.1) is 11.3 Å². The first kappa shape index (κ1) is 13.8. The van der Waals surface area contributed by atoms with Crippen molar-refractivity contribution < 1.29 is 8.42 Å². The molecular formula is C13H17N3O2S. The lowest BCUT2D eigenvalue weighted by atomic mass is 9.91. The van der Waals surface area contributed by atoms with Gasteiger partial charge in [0.1, 0.15) is 11.9 Å². The molecule has 5 nitrogen and oxygen atoms in total. The molecule has 2 rings (SSSR count). The van der Waals surface area contributed by atoms with E-state index in [2.05, 4.69) is 9.71 Å². The second kappa shape index (κ2) is 6.02. The fraction of sp³-hybridized carbons (Fsp3) is 0.538. The van der Waals surface area contributed by atoms with Crippen LogP contribution in [0.5, 0.6) is 0 Å². The molecule has 0 spiro atoms. The fourth-order valence-electron chi connectivity index (χ4n) is 2.39. The topological polar surface area (TPSA) is 82.9 Å². The van der Waals surface area contributed by atoms with Crippen molar-refractivity contribution in [3.8, 4) is 6.07 Å². The highest BCUT2D eigenvalue weighted by Crippen LogP contribution is 2.25. The molecule has 19 heavy (non-hydrogen) atoms. The molecule has 0 bridgehead atoms. The van der Waals surface area contributed by atoms with Crippen LogP contribution in [0.15, 0.2) is 18.3 Å². The average molecular weight is 279 g/mol. The Bertz CT molecular complexity index is 555. The molecule has 1 N–H and O–H groups in total. The normalized spacial score (nSPS) is 16.8. The Hall–Kier alpha value is -1.61. The number of hydrogen-bond donors (Lipinski definition) is 1. The highest BCUT2D eigenvalue weighted by atomic mass is 32.2. The molecule has 6 heteroatoms. The summed E-state index contributed by atoms with van der Waals surface area (Å²) < 4.78 is 26.5. The van der Waals surface area contributed by atoms with Crippen LogP contribution in [0.25, 0.3) is 0 Å². The number of nitrogens with zero attached hydrogens (tertiary/aromatic N) is 2. The number of hydrogen-bond acceptors (Lipinski definition) is 4. The largest absolute Gasteiger partial charge is 0.267 e. The maximum atomic E-state index is 12.0. The van der Waals surface area contributed by atoms with Gasteiger partial charge in [-0.25, -0.2) is 13.4 Å². The number of nitriles is 1. The van der Waals surface area contributed by atoms with Crippen molar-refractivity contribution in [1.82, 2.24) is 4.98 Å². The molecule has 0 radical (unpaired) electrons. The Labute approximate surface area is 113 Å². The number of nitrogens with one attached hydrogen (secondary N) is 1. The molecular weight excluding hydrogens is 262 g/mol. The predicted molar refractivity (Wildman–Crippen MR) is 72.9 cm³/mol. The van der Waals surface area contributed by atoms with E-state index in [4.69, 9.17) is 5.26 Å². The van der Waals surface area contributed by atoms with Crippen LogP contribution in [0.4, 0.5) is 5.82 Å². The van der Waals surface area contributed by atoms with Crippen LogP contribution in [0, 0.1) is 17.2 Å². The number of sulfonamides is 1. The quantitative estimate of drug-likeness (QED) is 0.916. The Morgan fingerprint density at radius 2 is 2.05 bits per heavy atom. The smallest absolute Gasteiger partial charge is 0.234 e. The van der Waals surface area contributed by atoms with Gasteiger partial charge < -0.3 is 0 Å². The first-order valence-electron chi connectivity index (χ1n) is 6.46. The van der Waals surface area contributed by atoms with E-state index in [1.54, 1.807) is 6.07 Å². The zero-order chi connectivity index (χ0) is 13.7. The molecule has 0 aliphatic heterocycles. The fourth-order valence-corrected chi connectivity index (χ4v) is 3.86. The molecule has 0 atom stereocenters. The minimum Gasteiger partial charge on any atom is -0.267 e. The summed E-state index contributed by atoms with van der Waals surface area (Å²) in [6.07, 6.45) is 6.79. The van der Waals surface area contributed by atoms with E-state index in [-0.39, 0.29) is 17.5 Å². The van der Waals surface area contributed by atoms with E-state index in [9.17, 15) is 8.42 Å². The van der Waals surface area contributed by atoms with Gasteiger partial charge >= 0.3 is 0 Å². The maximum Gasteiger partial charge on any atom is 0.234 e. The van der Waals surface area contributed by atoms with Gasteiger partial charge in [-0.15, -0.1) is 0 Å². The summed E-state index contributed by atoms with van der Waals surface area (Å²) in [5.41, 5.74) is 0.412. The lowest BCUT2D eigenvalue weighted by molar-refractivity contribution is 0.385. The average Bonchev–Trinajstić information content (AvgIpc) is 2.39. The van der Waals surface area contributed by atoms with Gasteiger partial charge in [-0.2, -0.15) is 5.26 Å². The lowest BCUT2D eigenvalue weighted by Crippen LogP contribution is -2.24. The lowest BCUT2D eigenvalue weighted by Gasteiger charge is -2.21. The summed E-state index contributed by atoms with van der Waals surface area (Å²) >= 11 is 0. The van der Waals surface area contributed by atoms with E-state index in [0.29, 0.717) is 5.56 Å². The van der Waals surface area contributed by atoms with Gasteiger partial charge in [-0.3, -0.25) is 4.72 Å². The number of pyridine rings is 1. The highest BCUT2D eigenvalue weighted by molar-refractivity contribution is 7.92. The molecule has 1 heterocycles. The van der Waals surface area contributed by atoms with Crippen molar-refractivity contribution in [2.75, 3.05) is 10.5 Å². The first-order valence-corrected chi connectivity index (χ1v) is 8.11. The summed E-state index contributed by atoms with van der Waals surface area (Å²) in [7, 11) is -3.35. The molecule has 1 aromatic heterocycles. The summed E-state index contributed by atoms with van der Waals surface area (Å²) in [6, 6.07) is 5.00. The third kappa shape index (κ3) is 4.21. The molecule has 1 aliphatic rings. The van der Waals surface area contributed by atoms with E-state index < -0.39 is 10.0 Å². The van der Waals surface area contributed by atoms with Crippen LogP contribution in [-0.2, 0) is 10.0 Å². The molecule has 102 valence electrons. The second-order valence-electron chi connectivity index (χ2n) is 4.93. The minimum atomic E-state index is -3.35. The standard InChI is InChI=1S/C13H17N3O2S/c14-8-12-6-7-13(15-9-12)16-19(17,18)10-11-4-2-1-3-5-11/h6-7,9,11H,1-5,10H2,(H,15,16). The van der Waals surface area contributed by atoms with Gasteiger partial charge in [0.2, 0.25) is 10.0 Å². The van der Waals surface area contributed by atoms with Crippen LogP contribution in [-0.4, -0.2) is 19.2 Å². The molecule has 1 fully saturated rings. The van der Waals surface area contributed by atoms with Crippen molar-refractivity contribution in [3.05, 3.63) is 23.9 Å². The van der Waals surface area contributed by atoms with E-state index in [1.165, 1.54) is 18.7 Å². The maximum absolute atomic E-state index is 12.0. The van der Waals surface area contributed by atoms with Crippen molar-refractivity contribution in [2.45, 2.75) is 32.1 Å². The molecule has 0 unspecified atom stereocenters. The monoisotopic (exact) mass is 279 g/mol. The third-order valence-corrected chi connectivity index (χ3v) is 4.76. The molecule has 0 aromatic carbocycles. The van der Waals surface area contributed by atoms with Crippen LogP contribution in [0.1, 0.15) is 37.7 Å². The minimum absolute atomic E-state index is 0.161. The SMILES string of the molecule is N#Cc1ccc(NS(=O)(=O)CC2CCCCC2)nc1. The second-order valence-corrected chi connectivity index (χ2v) is 6.70. The van der Waals surface area contributed by atoms with Gasteiger partial charge in [-0.05, 0) is 30.9 Å². The Morgan fingerprint density at radius 1 is 1.32 bits per heavy atom. The van der Waals surface area contributed by atoms with Crippen molar-refractivity contribution >= 4 is 15.8 Å². The molecule has 1 saturated carbocycles. The zero-order valence-corrected chi connectivity index (χ0v) is 11.5. The summed E-state index contributed by atoms with van der Waals surface area (Å²) in [5, 5.41) is 8.65. The van der Waals surface area contributed by atoms with Crippen LogP contribution >= 0.6 is 0 Å². The van der Waals surface area contributed by atoms with Gasteiger partial charge in [0.15, 0.2) is 0 Å². The summed E-state index contributed by atoms with van der Waals surface area (Å²) in [4.78, 5) is 3.92. The third-order valence-electron chi connectivity index (χ3n) is 3.33. The Balaban J connectivity index is 1.97. The van der Waals surface area contributed by atoms with E-state index in [1.807, 2.05) is 6.07 Å². The van der Waals surface area contributed by atoms with Gasteiger partial charge in [-0.1, -0.05) is 19.3 Å². The molecule has 0 saturated heterocycles. The number of rotatable bonds is 4. The van der Waals surface area contributed by atoms with Crippen molar-refractivity contribution in [1.29, 1.82) is 5.26 Å². The van der Waals surface area contributed by atoms with E-state index in [0.717, 1.165) is 25.7 Å². The number of anilines is 1. The van der Waals surface area contributed by atoms with Crippen LogP contribution < -0.4 is 4.72 Å². The summed E-state index contributed by atoms with van der Waals surface area (Å²) in [5.74, 6) is 0.689. The molecule has 1 aliphatic carbocycles. The zero-order valence-electron chi connectivity index (χ0n) is 10.7. The molecule has 0 amide bonds. The highest BCUT2D eigenvalue weighted by Gasteiger charge is 2.21. The van der Waals surface area contributed by atoms with E-state index >= 15 is 0 Å².